The summed E-state index contributed by atoms with van der Waals surface area (Å²) in [6.07, 6.45) is 3.36. The van der Waals surface area contributed by atoms with Crippen molar-refractivity contribution in [1.82, 2.24) is 0 Å². The molecule has 0 unspecified atom stereocenters. The molecule has 0 saturated carbocycles. The van der Waals surface area contributed by atoms with Gasteiger partial charge in [0.1, 0.15) is 5.75 Å². The number of carbonyl (C=O) groups excluding carboxylic acids is 1. The van der Waals surface area contributed by atoms with E-state index in [9.17, 15) is 9.59 Å². The first kappa shape index (κ1) is 18.8. The zero-order chi connectivity index (χ0) is 18.2. The van der Waals surface area contributed by atoms with Gasteiger partial charge >= 0.3 is 5.97 Å². The maximum Gasteiger partial charge on any atom is 0.313 e. The van der Waals surface area contributed by atoms with Crippen LogP contribution >= 0.6 is 11.8 Å². The van der Waals surface area contributed by atoms with Crippen molar-refractivity contribution in [3.63, 3.8) is 0 Å². The van der Waals surface area contributed by atoms with Crippen LogP contribution in [0.2, 0.25) is 0 Å². The molecule has 0 heterocycles. The van der Waals surface area contributed by atoms with Gasteiger partial charge in [-0.2, -0.15) is 0 Å². The Balaban J connectivity index is 2.16. The van der Waals surface area contributed by atoms with Crippen LogP contribution in [0.3, 0.4) is 0 Å². The van der Waals surface area contributed by atoms with Crippen molar-refractivity contribution in [3.8, 4) is 5.75 Å². The quantitative estimate of drug-likeness (QED) is 0.567. The second kappa shape index (κ2) is 9.08. The molecular formula is C20H20O4S. The second-order valence-electron chi connectivity index (χ2n) is 5.47. The molecule has 2 rings (SSSR count). The molecule has 0 aliphatic rings. The van der Waals surface area contributed by atoms with Crippen LogP contribution in [0, 0.1) is 6.92 Å². The van der Waals surface area contributed by atoms with Crippen molar-refractivity contribution >= 4 is 29.6 Å². The number of benzene rings is 2. The number of allylic oxidation sites excluding steroid dienone is 1. The van der Waals surface area contributed by atoms with Crippen LogP contribution in [-0.4, -0.2) is 29.7 Å². The summed E-state index contributed by atoms with van der Waals surface area (Å²) < 4.78 is 5.29. The molecule has 130 valence electrons. The molecule has 0 saturated heterocycles. The smallest absolute Gasteiger partial charge is 0.313 e. The summed E-state index contributed by atoms with van der Waals surface area (Å²) in [5.41, 5.74) is 3.47. The van der Waals surface area contributed by atoms with E-state index < -0.39 is 5.97 Å². The van der Waals surface area contributed by atoms with Gasteiger partial charge in [-0.15, -0.1) is 11.8 Å². The van der Waals surface area contributed by atoms with Gasteiger partial charge in [-0.25, -0.2) is 0 Å². The molecule has 0 amide bonds. The van der Waals surface area contributed by atoms with Crippen LogP contribution in [0.15, 0.2) is 48.5 Å². The Hall–Kier alpha value is -2.53. The van der Waals surface area contributed by atoms with Crippen molar-refractivity contribution in [3.05, 3.63) is 70.8 Å². The SMILES string of the molecule is COc1ccc(C(=O)/C=C/c2ccccc2C)cc1CSCC(=O)O. The fraction of sp³-hybridized carbons (Fsp3) is 0.200. The average molecular weight is 356 g/mol. The van der Waals surface area contributed by atoms with Gasteiger partial charge in [-0.05, 0) is 42.3 Å². The van der Waals surface area contributed by atoms with Gasteiger partial charge in [0, 0.05) is 16.9 Å². The monoisotopic (exact) mass is 356 g/mol. The van der Waals surface area contributed by atoms with E-state index in [1.54, 1.807) is 37.5 Å². The molecule has 0 bridgehead atoms. The van der Waals surface area contributed by atoms with E-state index >= 15 is 0 Å². The van der Waals surface area contributed by atoms with E-state index in [0.717, 1.165) is 16.7 Å². The van der Waals surface area contributed by atoms with Crippen molar-refractivity contribution in [2.75, 3.05) is 12.9 Å². The van der Waals surface area contributed by atoms with Crippen LogP contribution in [0.5, 0.6) is 5.75 Å². The van der Waals surface area contributed by atoms with Gasteiger partial charge in [0.2, 0.25) is 0 Å². The lowest BCUT2D eigenvalue weighted by atomic mass is 10.0. The molecule has 0 atom stereocenters. The lowest BCUT2D eigenvalue weighted by Crippen LogP contribution is -2.01. The van der Waals surface area contributed by atoms with Gasteiger partial charge in [0.05, 0.1) is 12.9 Å². The fourth-order valence-electron chi connectivity index (χ4n) is 2.33. The third-order valence-corrected chi connectivity index (χ3v) is 4.62. The molecule has 5 heteroatoms. The van der Waals surface area contributed by atoms with Gasteiger partial charge < -0.3 is 9.84 Å². The van der Waals surface area contributed by atoms with Gasteiger partial charge in [-0.3, -0.25) is 9.59 Å². The predicted octanol–water partition coefficient (Wildman–Crippen LogP) is 4.22. The Kier molecular flexibility index (Phi) is 6.83. The minimum absolute atomic E-state index is 0.00845. The minimum Gasteiger partial charge on any atom is -0.496 e. The van der Waals surface area contributed by atoms with Gasteiger partial charge in [-0.1, -0.05) is 30.3 Å². The van der Waals surface area contributed by atoms with E-state index in [1.165, 1.54) is 11.8 Å². The highest BCUT2D eigenvalue weighted by atomic mass is 32.2. The third-order valence-electron chi connectivity index (χ3n) is 3.65. The number of aliphatic carboxylic acids is 1. The summed E-state index contributed by atoms with van der Waals surface area (Å²) in [5.74, 6) is 0.164. The first-order valence-corrected chi connectivity index (χ1v) is 8.91. The number of hydrogen-bond acceptors (Lipinski definition) is 4. The second-order valence-corrected chi connectivity index (χ2v) is 6.45. The molecule has 0 spiro atoms. The summed E-state index contributed by atoms with van der Waals surface area (Å²) in [7, 11) is 1.56. The first-order chi connectivity index (χ1) is 12.0. The van der Waals surface area contributed by atoms with Crippen molar-refractivity contribution in [2.24, 2.45) is 0 Å². The van der Waals surface area contributed by atoms with Crippen LogP contribution in [0.25, 0.3) is 6.08 Å². The van der Waals surface area contributed by atoms with Crippen molar-refractivity contribution < 1.29 is 19.4 Å². The maximum absolute atomic E-state index is 12.4. The summed E-state index contributed by atoms with van der Waals surface area (Å²) in [5, 5.41) is 8.75. The predicted molar refractivity (Wildman–Crippen MR) is 101 cm³/mol. The van der Waals surface area contributed by atoms with E-state index in [4.69, 9.17) is 9.84 Å². The molecule has 1 N–H and O–H groups in total. The molecule has 0 aromatic heterocycles. The van der Waals surface area contributed by atoms with E-state index in [1.807, 2.05) is 31.2 Å². The van der Waals surface area contributed by atoms with Gasteiger partial charge in [0.15, 0.2) is 5.78 Å². The van der Waals surface area contributed by atoms with E-state index in [0.29, 0.717) is 17.1 Å². The lowest BCUT2D eigenvalue weighted by Gasteiger charge is -2.09. The van der Waals surface area contributed by atoms with Crippen molar-refractivity contribution in [1.29, 1.82) is 0 Å². The zero-order valence-electron chi connectivity index (χ0n) is 14.2. The minimum atomic E-state index is -0.864. The molecule has 0 aliphatic heterocycles. The number of thioether (sulfide) groups is 1. The van der Waals surface area contributed by atoms with Crippen LogP contribution in [0.1, 0.15) is 27.0 Å². The fourth-order valence-corrected chi connectivity index (χ4v) is 3.05. The summed E-state index contributed by atoms with van der Waals surface area (Å²) >= 11 is 1.27. The highest BCUT2D eigenvalue weighted by Gasteiger charge is 2.09. The highest BCUT2D eigenvalue weighted by Crippen LogP contribution is 2.25. The molecule has 0 aliphatic carbocycles. The number of carboxylic acids is 1. The number of methoxy groups -OCH3 is 1. The number of hydrogen-bond donors (Lipinski definition) is 1. The van der Waals surface area contributed by atoms with Crippen LogP contribution in [-0.2, 0) is 10.5 Å². The third kappa shape index (κ3) is 5.50. The van der Waals surface area contributed by atoms with Crippen LogP contribution < -0.4 is 4.74 Å². The number of ketones is 1. The normalized spacial score (nSPS) is 10.8. The zero-order valence-corrected chi connectivity index (χ0v) is 15.0. The Labute approximate surface area is 151 Å². The molecule has 2 aromatic carbocycles. The summed E-state index contributed by atoms with van der Waals surface area (Å²) in [6.45, 7) is 2.00. The topological polar surface area (TPSA) is 63.6 Å². The number of carbonyl (C=O) groups is 2. The molecule has 0 fully saturated rings. The molecule has 2 aromatic rings. The lowest BCUT2D eigenvalue weighted by molar-refractivity contribution is -0.133. The molecule has 25 heavy (non-hydrogen) atoms. The Morgan fingerprint density at radius 2 is 1.96 bits per heavy atom. The first-order valence-electron chi connectivity index (χ1n) is 7.75. The maximum atomic E-state index is 12.4. The largest absolute Gasteiger partial charge is 0.496 e. The highest BCUT2D eigenvalue weighted by molar-refractivity contribution is 7.99. The number of rotatable bonds is 8. The van der Waals surface area contributed by atoms with E-state index in [-0.39, 0.29) is 11.5 Å². The standard InChI is InChI=1S/C20H20O4S/c1-14-5-3-4-6-15(14)7-9-18(21)16-8-10-19(24-2)17(11-16)12-25-13-20(22)23/h3-11H,12-13H2,1-2H3,(H,22,23)/b9-7+. The van der Waals surface area contributed by atoms with Gasteiger partial charge in [0.25, 0.3) is 0 Å². The molecule has 0 radical (unpaired) electrons. The Morgan fingerprint density at radius 3 is 2.64 bits per heavy atom. The Morgan fingerprint density at radius 1 is 1.20 bits per heavy atom. The Bertz CT molecular complexity index is 796. The molecular weight excluding hydrogens is 336 g/mol. The van der Waals surface area contributed by atoms with Crippen molar-refractivity contribution in [2.45, 2.75) is 12.7 Å². The van der Waals surface area contributed by atoms with Crippen LogP contribution in [0.4, 0.5) is 0 Å². The number of ether oxygens (including phenoxy) is 1. The number of aryl methyl sites for hydroxylation is 1. The summed E-state index contributed by atoms with van der Waals surface area (Å²) in [4.78, 5) is 23.1. The number of carboxylic acid groups (broad SMARTS) is 1. The average Bonchev–Trinajstić information content (AvgIpc) is 2.60. The summed E-state index contributed by atoms with van der Waals surface area (Å²) in [6, 6.07) is 13.1. The van der Waals surface area contributed by atoms with E-state index in [2.05, 4.69) is 0 Å². The molecule has 4 nitrogen and oxygen atoms in total.